The first-order chi connectivity index (χ1) is 7.72. The average molecular weight is 222 g/mol. The van der Waals surface area contributed by atoms with Gasteiger partial charge in [-0.05, 0) is 44.4 Å². The van der Waals surface area contributed by atoms with Gasteiger partial charge < -0.3 is 10.6 Å². The summed E-state index contributed by atoms with van der Waals surface area (Å²) in [5.74, 6) is -0.178. The van der Waals surface area contributed by atoms with Gasteiger partial charge in [0.1, 0.15) is 5.82 Å². The molecule has 1 aromatic rings. The zero-order valence-corrected chi connectivity index (χ0v) is 9.75. The van der Waals surface area contributed by atoms with Crippen molar-refractivity contribution in [1.82, 2.24) is 0 Å². The van der Waals surface area contributed by atoms with E-state index in [1.54, 1.807) is 12.1 Å². The minimum absolute atomic E-state index is 0.0720. The van der Waals surface area contributed by atoms with Crippen LogP contribution in [-0.2, 0) is 0 Å². The largest absolute Gasteiger partial charge is 0.365 e. The van der Waals surface area contributed by atoms with Crippen LogP contribution in [0.1, 0.15) is 26.2 Å². The highest BCUT2D eigenvalue weighted by atomic mass is 19.1. The third-order valence-corrected chi connectivity index (χ3v) is 3.67. The molecule has 1 aromatic carbocycles. The van der Waals surface area contributed by atoms with Gasteiger partial charge in [0.2, 0.25) is 0 Å². The van der Waals surface area contributed by atoms with E-state index in [2.05, 4.69) is 11.8 Å². The predicted molar refractivity (Wildman–Crippen MR) is 65.1 cm³/mol. The van der Waals surface area contributed by atoms with Gasteiger partial charge in [-0.15, -0.1) is 0 Å². The fraction of sp³-hybridized carbons (Fsp3) is 0.538. The van der Waals surface area contributed by atoms with E-state index < -0.39 is 0 Å². The van der Waals surface area contributed by atoms with Crippen LogP contribution in [0.4, 0.5) is 10.1 Å². The summed E-state index contributed by atoms with van der Waals surface area (Å²) in [7, 11) is 0. The molecule has 2 rings (SSSR count). The van der Waals surface area contributed by atoms with Gasteiger partial charge in [-0.2, -0.15) is 0 Å². The number of benzene rings is 1. The lowest BCUT2D eigenvalue weighted by Crippen LogP contribution is -2.58. The van der Waals surface area contributed by atoms with Crippen LogP contribution >= 0.6 is 0 Å². The van der Waals surface area contributed by atoms with Gasteiger partial charge in [0.05, 0.1) is 5.54 Å². The maximum atomic E-state index is 13.2. The third-order valence-electron chi connectivity index (χ3n) is 3.67. The number of anilines is 1. The molecule has 16 heavy (non-hydrogen) atoms. The summed E-state index contributed by atoms with van der Waals surface area (Å²) >= 11 is 0. The van der Waals surface area contributed by atoms with Gasteiger partial charge in [0.15, 0.2) is 0 Å². The summed E-state index contributed by atoms with van der Waals surface area (Å²) in [6, 6.07) is 6.80. The van der Waals surface area contributed by atoms with Crippen LogP contribution in [0, 0.1) is 5.82 Å². The number of nitrogens with zero attached hydrogens (tertiary/aromatic N) is 1. The molecule has 1 aliphatic rings. The molecule has 1 saturated carbocycles. The van der Waals surface area contributed by atoms with Gasteiger partial charge in [0.25, 0.3) is 0 Å². The van der Waals surface area contributed by atoms with Crippen molar-refractivity contribution < 1.29 is 4.39 Å². The molecule has 0 aliphatic heterocycles. The highest BCUT2D eigenvalue weighted by Crippen LogP contribution is 2.39. The maximum Gasteiger partial charge on any atom is 0.125 e. The first-order valence-electron chi connectivity index (χ1n) is 5.95. The van der Waals surface area contributed by atoms with Crippen molar-refractivity contribution in [3.05, 3.63) is 30.1 Å². The molecule has 0 saturated heterocycles. The van der Waals surface area contributed by atoms with Crippen molar-refractivity contribution in [2.75, 3.05) is 18.0 Å². The summed E-state index contributed by atoms with van der Waals surface area (Å²) in [6.07, 6.45) is 3.46. The van der Waals surface area contributed by atoms with Gasteiger partial charge >= 0.3 is 0 Å². The van der Waals surface area contributed by atoms with Crippen molar-refractivity contribution in [2.24, 2.45) is 5.73 Å². The number of nitrogens with two attached hydrogens (primary N) is 1. The predicted octanol–water partition coefficient (Wildman–Crippen LogP) is 2.53. The number of likely N-dealkylation sites (N-methyl/N-ethyl adjacent to an activating group) is 1. The van der Waals surface area contributed by atoms with Crippen LogP contribution in [0.2, 0.25) is 0 Å². The first kappa shape index (κ1) is 11.4. The van der Waals surface area contributed by atoms with Gasteiger partial charge in [-0.25, -0.2) is 4.39 Å². The Kier molecular flexibility index (Phi) is 3.15. The molecule has 0 aromatic heterocycles. The van der Waals surface area contributed by atoms with Crippen molar-refractivity contribution in [3.63, 3.8) is 0 Å². The van der Waals surface area contributed by atoms with E-state index in [-0.39, 0.29) is 11.4 Å². The maximum absolute atomic E-state index is 13.2. The molecule has 2 N–H and O–H groups in total. The minimum atomic E-state index is -0.178. The second kappa shape index (κ2) is 4.42. The first-order valence-corrected chi connectivity index (χ1v) is 5.95. The van der Waals surface area contributed by atoms with Crippen molar-refractivity contribution in [2.45, 2.75) is 31.7 Å². The molecule has 3 heteroatoms. The normalized spacial score (nSPS) is 17.9. The van der Waals surface area contributed by atoms with E-state index in [1.165, 1.54) is 12.5 Å². The lowest BCUT2D eigenvalue weighted by Gasteiger charge is -2.50. The van der Waals surface area contributed by atoms with Crippen LogP contribution in [0.25, 0.3) is 0 Å². The number of halogens is 1. The Morgan fingerprint density at radius 1 is 1.44 bits per heavy atom. The Bertz CT molecular complexity index is 355. The second-order valence-corrected chi connectivity index (χ2v) is 4.51. The van der Waals surface area contributed by atoms with E-state index >= 15 is 0 Å². The summed E-state index contributed by atoms with van der Waals surface area (Å²) in [4.78, 5) is 2.25. The van der Waals surface area contributed by atoms with Crippen LogP contribution in [0.15, 0.2) is 24.3 Å². The zero-order chi connectivity index (χ0) is 11.6. The summed E-state index contributed by atoms with van der Waals surface area (Å²) < 4.78 is 13.2. The molecule has 0 amide bonds. The average Bonchev–Trinajstić information content (AvgIpc) is 2.23. The molecular formula is C13H19FN2. The van der Waals surface area contributed by atoms with Gasteiger partial charge in [-0.1, -0.05) is 6.07 Å². The van der Waals surface area contributed by atoms with Crippen LogP contribution in [0.5, 0.6) is 0 Å². The molecule has 0 atom stereocenters. The Labute approximate surface area is 96.2 Å². The van der Waals surface area contributed by atoms with E-state index in [1.807, 2.05) is 6.07 Å². The molecular weight excluding hydrogens is 203 g/mol. The fourth-order valence-electron chi connectivity index (χ4n) is 2.60. The molecule has 1 aliphatic carbocycles. The van der Waals surface area contributed by atoms with E-state index in [9.17, 15) is 4.39 Å². The third kappa shape index (κ3) is 1.80. The molecule has 0 spiro atoms. The quantitative estimate of drug-likeness (QED) is 0.848. The van der Waals surface area contributed by atoms with Crippen LogP contribution < -0.4 is 10.6 Å². The Morgan fingerprint density at radius 3 is 2.62 bits per heavy atom. The van der Waals surface area contributed by atoms with E-state index in [0.29, 0.717) is 6.54 Å². The summed E-state index contributed by atoms with van der Waals surface area (Å²) in [5.41, 5.74) is 6.91. The highest BCUT2D eigenvalue weighted by molar-refractivity contribution is 5.50. The molecule has 0 unspecified atom stereocenters. The number of hydrogen-bond donors (Lipinski definition) is 1. The molecule has 88 valence electrons. The Balaban J connectivity index is 2.28. The fourth-order valence-corrected chi connectivity index (χ4v) is 2.60. The Hall–Kier alpha value is -1.09. The Morgan fingerprint density at radius 2 is 2.19 bits per heavy atom. The summed E-state index contributed by atoms with van der Waals surface area (Å²) in [6.45, 7) is 3.62. The highest BCUT2D eigenvalue weighted by Gasteiger charge is 2.40. The monoisotopic (exact) mass is 222 g/mol. The standard InChI is InChI=1S/C13H19FN2/c1-2-16(13(10-15)7-4-8-13)12-6-3-5-11(14)9-12/h3,5-6,9H,2,4,7-8,10,15H2,1H3. The minimum Gasteiger partial charge on any atom is -0.365 e. The lowest BCUT2D eigenvalue weighted by molar-refractivity contribution is 0.238. The van der Waals surface area contributed by atoms with Gasteiger partial charge in [0, 0.05) is 18.8 Å². The van der Waals surface area contributed by atoms with Crippen LogP contribution in [-0.4, -0.2) is 18.6 Å². The van der Waals surface area contributed by atoms with Crippen LogP contribution in [0.3, 0.4) is 0 Å². The molecule has 0 bridgehead atoms. The van der Waals surface area contributed by atoms with Crippen molar-refractivity contribution >= 4 is 5.69 Å². The SMILES string of the molecule is CCN(c1cccc(F)c1)C1(CN)CCC1. The zero-order valence-electron chi connectivity index (χ0n) is 9.75. The molecule has 1 fully saturated rings. The van der Waals surface area contributed by atoms with E-state index in [0.717, 1.165) is 25.1 Å². The smallest absolute Gasteiger partial charge is 0.125 e. The number of rotatable bonds is 4. The molecule has 0 heterocycles. The van der Waals surface area contributed by atoms with Crippen molar-refractivity contribution in [3.8, 4) is 0 Å². The van der Waals surface area contributed by atoms with Gasteiger partial charge in [-0.3, -0.25) is 0 Å². The number of hydrogen-bond acceptors (Lipinski definition) is 2. The topological polar surface area (TPSA) is 29.3 Å². The lowest BCUT2D eigenvalue weighted by atomic mass is 9.75. The summed E-state index contributed by atoms with van der Waals surface area (Å²) in [5, 5.41) is 0. The molecule has 0 radical (unpaired) electrons. The molecule has 2 nitrogen and oxygen atoms in total. The van der Waals surface area contributed by atoms with Crippen molar-refractivity contribution in [1.29, 1.82) is 0 Å². The second-order valence-electron chi connectivity index (χ2n) is 4.51. The van der Waals surface area contributed by atoms with E-state index in [4.69, 9.17) is 5.73 Å².